The standard InChI is InChI=1S/C16H15ClFNO4S/c1-10(11-3-6-13(18)7-4-11)19-24(21,22)15-9-12(16(20)23-2)5-8-14(15)17/h3-10,19H,1-2H3. The number of hydrogen-bond donors (Lipinski definition) is 1. The molecule has 0 heterocycles. The van der Waals surface area contributed by atoms with Crippen LogP contribution in [0.2, 0.25) is 5.02 Å². The van der Waals surface area contributed by atoms with Gasteiger partial charge < -0.3 is 4.74 Å². The molecule has 0 aliphatic rings. The fourth-order valence-corrected chi connectivity index (χ4v) is 3.83. The Bertz CT molecular complexity index is 853. The van der Waals surface area contributed by atoms with Crippen molar-refractivity contribution in [2.45, 2.75) is 17.9 Å². The fourth-order valence-electron chi connectivity index (χ4n) is 2.07. The van der Waals surface area contributed by atoms with Gasteiger partial charge in [-0.2, -0.15) is 0 Å². The van der Waals surface area contributed by atoms with Gasteiger partial charge in [0.25, 0.3) is 0 Å². The predicted molar refractivity (Wildman–Crippen MR) is 87.9 cm³/mol. The van der Waals surface area contributed by atoms with Crippen LogP contribution in [0.4, 0.5) is 4.39 Å². The highest BCUT2D eigenvalue weighted by molar-refractivity contribution is 7.89. The van der Waals surface area contributed by atoms with E-state index in [1.54, 1.807) is 6.92 Å². The molecule has 24 heavy (non-hydrogen) atoms. The molecule has 1 unspecified atom stereocenters. The molecular weight excluding hydrogens is 357 g/mol. The number of methoxy groups -OCH3 is 1. The molecule has 0 saturated heterocycles. The van der Waals surface area contributed by atoms with Crippen LogP contribution in [0.1, 0.15) is 28.9 Å². The van der Waals surface area contributed by atoms with E-state index in [-0.39, 0.29) is 15.5 Å². The number of rotatable bonds is 5. The lowest BCUT2D eigenvalue weighted by molar-refractivity contribution is 0.0600. The van der Waals surface area contributed by atoms with E-state index in [1.807, 2.05) is 0 Å². The third kappa shape index (κ3) is 4.11. The van der Waals surface area contributed by atoms with Crippen molar-refractivity contribution in [2.24, 2.45) is 0 Å². The van der Waals surface area contributed by atoms with Crippen LogP contribution >= 0.6 is 11.6 Å². The summed E-state index contributed by atoms with van der Waals surface area (Å²) in [4.78, 5) is 11.3. The van der Waals surface area contributed by atoms with Gasteiger partial charge in [-0.3, -0.25) is 0 Å². The van der Waals surface area contributed by atoms with Crippen LogP contribution in [0, 0.1) is 5.82 Å². The average molecular weight is 372 g/mol. The van der Waals surface area contributed by atoms with Crippen LogP contribution in [0.25, 0.3) is 0 Å². The highest BCUT2D eigenvalue weighted by Crippen LogP contribution is 2.25. The summed E-state index contributed by atoms with van der Waals surface area (Å²) in [5.41, 5.74) is 0.650. The van der Waals surface area contributed by atoms with Gasteiger partial charge in [-0.15, -0.1) is 0 Å². The maximum atomic E-state index is 13.0. The minimum Gasteiger partial charge on any atom is -0.465 e. The zero-order chi connectivity index (χ0) is 17.9. The van der Waals surface area contributed by atoms with Crippen LogP contribution in [-0.2, 0) is 14.8 Å². The van der Waals surface area contributed by atoms with E-state index in [9.17, 15) is 17.6 Å². The Morgan fingerprint density at radius 2 is 1.83 bits per heavy atom. The summed E-state index contributed by atoms with van der Waals surface area (Å²) in [6.07, 6.45) is 0. The lowest BCUT2D eigenvalue weighted by Crippen LogP contribution is -2.27. The molecule has 0 fully saturated rings. The zero-order valence-electron chi connectivity index (χ0n) is 12.9. The van der Waals surface area contributed by atoms with Crippen LogP contribution in [0.15, 0.2) is 47.4 Å². The SMILES string of the molecule is COC(=O)c1ccc(Cl)c(S(=O)(=O)NC(C)c2ccc(F)cc2)c1. The number of esters is 1. The third-order valence-electron chi connectivity index (χ3n) is 3.34. The lowest BCUT2D eigenvalue weighted by atomic mass is 10.1. The normalized spacial score (nSPS) is 12.7. The van der Waals surface area contributed by atoms with Crippen LogP contribution in [0.3, 0.4) is 0 Å². The molecule has 8 heteroatoms. The van der Waals surface area contributed by atoms with Crippen molar-refractivity contribution < 1.29 is 22.3 Å². The van der Waals surface area contributed by atoms with Gasteiger partial charge in [-0.05, 0) is 42.8 Å². The predicted octanol–water partition coefficient (Wildman–Crippen LogP) is 3.31. The molecule has 1 N–H and O–H groups in total. The first-order valence-corrected chi connectivity index (χ1v) is 8.76. The number of sulfonamides is 1. The Morgan fingerprint density at radius 3 is 2.42 bits per heavy atom. The van der Waals surface area contributed by atoms with E-state index in [2.05, 4.69) is 9.46 Å². The molecule has 0 radical (unpaired) electrons. The summed E-state index contributed by atoms with van der Waals surface area (Å²) >= 11 is 5.96. The van der Waals surface area contributed by atoms with Crippen molar-refractivity contribution >= 4 is 27.6 Å². The first-order chi connectivity index (χ1) is 11.2. The number of carbonyl (C=O) groups excluding carboxylic acids is 1. The first-order valence-electron chi connectivity index (χ1n) is 6.90. The minimum absolute atomic E-state index is 0.0264. The van der Waals surface area contributed by atoms with E-state index in [1.165, 1.54) is 43.5 Å². The van der Waals surface area contributed by atoms with Gasteiger partial charge in [-0.1, -0.05) is 23.7 Å². The maximum Gasteiger partial charge on any atom is 0.337 e. The Labute approximate surface area is 144 Å². The Kier molecular flexibility index (Phi) is 5.58. The molecule has 0 spiro atoms. The van der Waals surface area contributed by atoms with E-state index < -0.39 is 27.9 Å². The number of benzene rings is 2. The Balaban J connectivity index is 2.33. The Hall–Kier alpha value is -1.96. The summed E-state index contributed by atoms with van der Waals surface area (Å²) in [6.45, 7) is 1.61. The molecule has 2 aromatic rings. The molecule has 128 valence electrons. The number of ether oxygens (including phenoxy) is 1. The van der Waals surface area contributed by atoms with E-state index >= 15 is 0 Å². The molecule has 0 amide bonds. The summed E-state index contributed by atoms with van der Waals surface area (Å²) in [6, 6.07) is 8.66. The van der Waals surface area contributed by atoms with Crippen LogP contribution in [0.5, 0.6) is 0 Å². The maximum absolute atomic E-state index is 13.0. The molecule has 5 nitrogen and oxygen atoms in total. The van der Waals surface area contributed by atoms with Gasteiger partial charge in [0.1, 0.15) is 10.7 Å². The molecule has 1 atom stereocenters. The van der Waals surface area contributed by atoms with E-state index in [0.717, 1.165) is 6.07 Å². The molecule has 2 aromatic carbocycles. The zero-order valence-corrected chi connectivity index (χ0v) is 14.5. The topological polar surface area (TPSA) is 72.5 Å². The van der Waals surface area contributed by atoms with Gasteiger partial charge in [0.2, 0.25) is 10.0 Å². The van der Waals surface area contributed by atoms with E-state index in [4.69, 9.17) is 11.6 Å². The summed E-state index contributed by atoms with van der Waals surface area (Å²) in [5, 5.41) is -0.0264. The van der Waals surface area contributed by atoms with Crippen molar-refractivity contribution in [3.63, 3.8) is 0 Å². The highest BCUT2D eigenvalue weighted by atomic mass is 35.5. The molecule has 0 aliphatic heterocycles. The van der Waals surface area contributed by atoms with Gasteiger partial charge in [0.15, 0.2) is 0 Å². The van der Waals surface area contributed by atoms with E-state index in [0.29, 0.717) is 5.56 Å². The summed E-state index contributed by atoms with van der Waals surface area (Å²) < 4.78 is 45.1. The highest BCUT2D eigenvalue weighted by Gasteiger charge is 2.23. The van der Waals surface area contributed by atoms with Gasteiger partial charge in [0, 0.05) is 6.04 Å². The van der Waals surface area contributed by atoms with Gasteiger partial charge >= 0.3 is 5.97 Å². The molecule has 2 rings (SSSR count). The second-order valence-electron chi connectivity index (χ2n) is 5.03. The third-order valence-corrected chi connectivity index (χ3v) is 5.37. The van der Waals surface area contributed by atoms with Crippen molar-refractivity contribution in [2.75, 3.05) is 7.11 Å². The lowest BCUT2D eigenvalue weighted by Gasteiger charge is -2.16. The second kappa shape index (κ2) is 7.29. The average Bonchev–Trinajstić information content (AvgIpc) is 2.54. The fraction of sp³-hybridized carbons (Fsp3) is 0.188. The number of carbonyl (C=O) groups is 1. The van der Waals surface area contributed by atoms with Crippen molar-refractivity contribution in [3.8, 4) is 0 Å². The minimum atomic E-state index is -4.00. The smallest absolute Gasteiger partial charge is 0.337 e. The summed E-state index contributed by atoms with van der Waals surface area (Å²) in [5.74, 6) is -1.09. The first kappa shape index (κ1) is 18.4. The Morgan fingerprint density at radius 1 is 1.21 bits per heavy atom. The molecular formula is C16H15ClFNO4S. The number of nitrogens with one attached hydrogen (secondary N) is 1. The van der Waals surface area contributed by atoms with Crippen molar-refractivity contribution in [1.82, 2.24) is 4.72 Å². The summed E-state index contributed by atoms with van der Waals surface area (Å²) in [7, 11) is -2.80. The van der Waals surface area contributed by atoms with Crippen molar-refractivity contribution in [1.29, 1.82) is 0 Å². The van der Waals surface area contributed by atoms with Crippen LogP contribution < -0.4 is 4.72 Å². The van der Waals surface area contributed by atoms with Gasteiger partial charge in [0.05, 0.1) is 17.7 Å². The van der Waals surface area contributed by atoms with Crippen molar-refractivity contribution in [3.05, 3.63) is 64.4 Å². The monoisotopic (exact) mass is 371 g/mol. The molecule has 0 bridgehead atoms. The largest absolute Gasteiger partial charge is 0.465 e. The van der Waals surface area contributed by atoms with Crippen LogP contribution in [-0.4, -0.2) is 21.5 Å². The molecule has 0 aliphatic carbocycles. The quantitative estimate of drug-likeness (QED) is 0.818. The molecule has 0 aromatic heterocycles. The van der Waals surface area contributed by atoms with Gasteiger partial charge in [-0.25, -0.2) is 22.3 Å². The number of halogens is 2. The number of hydrogen-bond acceptors (Lipinski definition) is 4. The second-order valence-corrected chi connectivity index (χ2v) is 7.12. The molecule has 0 saturated carbocycles.